The summed E-state index contributed by atoms with van der Waals surface area (Å²) >= 11 is 0. The van der Waals surface area contributed by atoms with Crippen LogP contribution in [0.2, 0.25) is 0 Å². The highest BCUT2D eigenvalue weighted by Gasteiger charge is 2.19. The molecule has 0 radical (unpaired) electrons. The fourth-order valence-electron chi connectivity index (χ4n) is 2.58. The standard InChI is InChI=1S/C13H16N2.ClH/c1-2-11-13-9-10-5-3-4-6-12(10)15(13)8-7-14-11;/h3-6,9,11,14H,2,7-8H2,1H3;1H. The predicted molar refractivity (Wildman–Crippen MR) is 70.2 cm³/mol. The third-order valence-corrected chi connectivity index (χ3v) is 3.33. The number of benzene rings is 1. The van der Waals surface area contributed by atoms with E-state index in [2.05, 4.69) is 47.1 Å². The summed E-state index contributed by atoms with van der Waals surface area (Å²) in [7, 11) is 0. The highest BCUT2D eigenvalue weighted by molar-refractivity contribution is 5.85. The van der Waals surface area contributed by atoms with Crippen molar-refractivity contribution in [2.75, 3.05) is 6.54 Å². The van der Waals surface area contributed by atoms with Crippen molar-refractivity contribution in [1.29, 1.82) is 0 Å². The van der Waals surface area contributed by atoms with Gasteiger partial charge >= 0.3 is 0 Å². The van der Waals surface area contributed by atoms with Gasteiger partial charge in [-0.05, 0) is 23.9 Å². The molecule has 0 spiro atoms. The number of halogens is 1. The van der Waals surface area contributed by atoms with Gasteiger partial charge in [-0.15, -0.1) is 12.4 Å². The Morgan fingerprint density at radius 2 is 2.19 bits per heavy atom. The Balaban J connectivity index is 0.000000963. The molecule has 16 heavy (non-hydrogen) atoms. The minimum Gasteiger partial charge on any atom is -0.342 e. The van der Waals surface area contributed by atoms with Crippen molar-refractivity contribution >= 4 is 23.3 Å². The molecule has 1 aromatic carbocycles. The molecule has 1 N–H and O–H groups in total. The topological polar surface area (TPSA) is 17.0 Å². The van der Waals surface area contributed by atoms with E-state index in [1.807, 2.05) is 0 Å². The number of rotatable bonds is 1. The van der Waals surface area contributed by atoms with Gasteiger partial charge in [0.25, 0.3) is 0 Å². The van der Waals surface area contributed by atoms with Gasteiger partial charge in [0.1, 0.15) is 0 Å². The van der Waals surface area contributed by atoms with Crippen LogP contribution in [-0.4, -0.2) is 11.1 Å². The van der Waals surface area contributed by atoms with Crippen LogP contribution in [0.15, 0.2) is 30.3 Å². The van der Waals surface area contributed by atoms with Crippen molar-refractivity contribution in [3.63, 3.8) is 0 Å². The molecule has 3 rings (SSSR count). The van der Waals surface area contributed by atoms with Gasteiger partial charge in [0, 0.05) is 30.3 Å². The molecule has 0 saturated carbocycles. The number of nitrogens with zero attached hydrogens (tertiary/aromatic N) is 1. The van der Waals surface area contributed by atoms with Crippen LogP contribution in [0.1, 0.15) is 25.1 Å². The van der Waals surface area contributed by atoms with E-state index in [-0.39, 0.29) is 12.4 Å². The highest BCUT2D eigenvalue weighted by atomic mass is 35.5. The number of aromatic nitrogens is 1. The van der Waals surface area contributed by atoms with Gasteiger partial charge in [-0.25, -0.2) is 0 Å². The van der Waals surface area contributed by atoms with Crippen LogP contribution in [0.5, 0.6) is 0 Å². The fraction of sp³-hybridized carbons (Fsp3) is 0.385. The predicted octanol–water partition coefficient (Wildman–Crippen LogP) is 3.12. The highest BCUT2D eigenvalue weighted by Crippen LogP contribution is 2.28. The zero-order chi connectivity index (χ0) is 10.3. The second kappa shape index (κ2) is 4.48. The van der Waals surface area contributed by atoms with Gasteiger partial charge in [0.15, 0.2) is 0 Å². The van der Waals surface area contributed by atoms with Crippen LogP contribution in [0.3, 0.4) is 0 Å². The minimum atomic E-state index is 0. The Labute approximate surface area is 102 Å². The SMILES string of the molecule is CCC1NCCn2c1cc1ccccc12.Cl. The lowest BCUT2D eigenvalue weighted by atomic mass is 10.1. The first-order valence-electron chi connectivity index (χ1n) is 5.71. The number of hydrogen-bond acceptors (Lipinski definition) is 1. The van der Waals surface area contributed by atoms with Gasteiger partial charge in [0.2, 0.25) is 0 Å². The van der Waals surface area contributed by atoms with E-state index in [9.17, 15) is 0 Å². The fourth-order valence-corrected chi connectivity index (χ4v) is 2.58. The number of fused-ring (bicyclic) bond motifs is 3. The first-order chi connectivity index (χ1) is 7.40. The van der Waals surface area contributed by atoms with Crippen molar-refractivity contribution in [3.05, 3.63) is 36.0 Å². The molecule has 0 fully saturated rings. The van der Waals surface area contributed by atoms with Gasteiger partial charge in [-0.3, -0.25) is 0 Å². The van der Waals surface area contributed by atoms with Crippen LogP contribution >= 0.6 is 12.4 Å². The first kappa shape index (κ1) is 11.5. The molecule has 2 nitrogen and oxygen atoms in total. The summed E-state index contributed by atoms with van der Waals surface area (Å²) in [5.74, 6) is 0. The molecule has 2 heterocycles. The van der Waals surface area contributed by atoms with E-state index in [0.717, 1.165) is 19.5 Å². The van der Waals surface area contributed by atoms with Gasteiger partial charge in [0.05, 0.1) is 0 Å². The second-order valence-corrected chi connectivity index (χ2v) is 4.19. The molecular weight excluding hydrogens is 220 g/mol. The molecule has 3 heteroatoms. The zero-order valence-electron chi connectivity index (χ0n) is 9.44. The number of nitrogens with one attached hydrogen (secondary N) is 1. The summed E-state index contributed by atoms with van der Waals surface area (Å²) in [6, 6.07) is 11.5. The van der Waals surface area contributed by atoms with Gasteiger partial charge in [-0.2, -0.15) is 0 Å². The molecule has 0 aliphatic carbocycles. The minimum absolute atomic E-state index is 0. The molecule has 0 saturated heterocycles. The molecule has 1 unspecified atom stereocenters. The summed E-state index contributed by atoms with van der Waals surface area (Å²) < 4.78 is 2.46. The maximum absolute atomic E-state index is 3.57. The summed E-state index contributed by atoms with van der Waals surface area (Å²) in [5.41, 5.74) is 2.83. The molecule has 0 amide bonds. The average molecular weight is 237 g/mol. The first-order valence-corrected chi connectivity index (χ1v) is 5.71. The van der Waals surface area contributed by atoms with Crippen LogP contribution in [-0.2, 0) is 6.54 Å². The summed E-state index contributed by atoms with van der Waals surface area (Å²) in [4.78, 5) is 0. The lowest BCUT2D eigenvalue weighted by Gasteiger charge is -2.25. The number of hydrogen-bond donors (Lipinski definition) is 1. The van der Waals surface area contributed by atoms with E-state index < -0.39 is 0 Å². The lowest BCUT2D eigenvalue weighted by molar-refractivity contribution is 0.423. The van der Waals surface area contributed by atoms with E-state index >= 15 is 0 Å². The monoisotopic (exact) mass is 236 g/mol. The van der Waals surface area contributed by atoms with Gasteiger partial charge < -0.3 is 9.88 Å². The van der Waals surface area contributed by atoms with Crippen LogP contribution in [0, 0.1) is 0 Å². The maximum Gasteiger partial charge on any atom is 0.0483 e. The molecular formula is C13H17ClN2. The quantitative estimate of drug-likeness (QED) is 0.805. The molecule has 1 atom stereocenters. The summed E-state index contributed by atoms with van der Waals surface area (Å²) in [6.45, 7) is 4.43. The van der Waals surface area contributed by atoms with Crippen molar-refractivity contribution < 1.29 is 0 Å². The van der Waals surface area contributed by atoms with E-state index in [1.54, 1.807) is 0 Å². The van der Waals surface area contributed by atoms with Crippen molar-refractivity contribution in [1.82, 2.24) is 9.88 Å². The Bertz CT molecular complexity index is 490. The normalized spacial score (nSPS) is 19.2. The van der Waals surface area contributed by atoms with Crippen LogP contribution < -0.4 is 5.32 Å². The zero-order valence-corrected chi connectivity index (χ0v) is 10.3. The average Bonchev–Trinajstić information content (AvgIpc) is 2.67. The molecule has 1 aliphatic heterocycles. The van der Waals surface area contributed by atoms with Crippen molar-refractivity contribution in [3.8, 4) is 0 Å². The Morgan fingerprint density at radius 1 is 1.38 bits per heavy atom. The Morgan fingerprint density at radius 3 is 3.00 bits per heavy atom. The van der Waals surface area contributed by atoms with Crippen molar-refractivity contribution in [2.24, 2.45) is 0 Å². The molecule has 1 aromatic heterocycles. The molecule has 86 valence electrons. The van der Waals surface area contributed by atoms with Gasteiger partial charge in [-0.1, -0.05) is 25.1 Å². The van der Waals surface area contributed by atoms with E-state index in [4.69, 9.17) is 0 Å². The Hall–Kier alpha value is -0.990. The molecule has 1 aliphatic rings. The maximum atomic E-state index is 3.57. The second-order valence-electron chi connectivity index (χ2n) is 4.19. The number of para-hydroxylation sites is 1. The largest absolute Gasteiger partial charge is 0.342 e. The Kier molecular flexibility index (Phi) is 3.22. The van der Waals surface area contributed by atoms with Crippen LogP contribution in [0.25, 0.3) is 10.9 Å². The lowest BCUT2D eigenvalue weighted by Crippen LogP contribution is -2.32. The molecule has 0 bridgehead atoms. The summed E-state index contributed by atoms with van der Waals surface area (Å²) in [5, 5.41) is 4.94. The summed E-state index contributed by atoms with van der Waals surface area (Å²) in [6.07, 6.45) is 1.16. The van der Waals surface area contributed by atoms with Crippen molar-refractivity contribution in [2.45, 2.75) is 25.9 Å². The van der Waals surface area contributed by atoms with E-state index in [0.29, 0.717) is 6.04 Å². The van der Waals surface area contributed by atoms with E-state index in [1.165, 1.54) is 16.6 Å². The third-order valence-electron chi connectivity index (χ3n) is 3.33. The molecule has 2 aromatic rings. The van der Waals surface area contributed by atoms with Crippen LogP contribution in [0.4, 0.5) is 0 Å². The smallest absolute Gasteiger partial charge is 0.0483 e. The third kappa shape index (κ3) is 1.62.